The van der Waals surface area contributed by atoms with Gasteiger partial charge in [0.15, 0.2) is 0 Å². The molecule has 5 rings (SSSR count). The molecular formula is C27H25N3O3. The molecule has 166 valence electrons. The summed E-state index contributed by atoms with van der Waals surface area (Å²) < 4.78 is 18.0. The van der Waals surface area contributed by atoms with Crippen LogP contribution in [0.15, 0.2) is 91.0 Å². The van der Waals surface area contributed by atoms with Crippen molar-refractivity contribution >= 4 is 17.1 Å². The predicted molar refractivity (Wildman–Crippen MR) is 129 cm³/mol. The minimum absolute atomic E-state index is 0.405. The van der Waals surface area contributed by atoms with Crippen molar-refractivity contribution < 1.29 is 14.2 Å². The van der Waals surface area contributed by atoms with Gasteiger partial charge in [-0.3, -0.25) is 0 Å². The fourth-order valence-electron chi connectivity index (χ4n) is 3.75. The van der Waals surface area contributed by atoms with Gasteiger partial charge in [-0.15, -0.1) is 0 Å². The molecule has 1 aliphatic rings. The summed E-state index contributed by atoms with van der Waals surface area (Å²) in [5.74, 6) is 1.77. The van der Waals surface area contributed by atoms with Crippen LogP contribution in [0, 0.1) is 0 Å². The average Bonchev–Trinajstić information content (AvgIpc) is 2.87. The van der Waals surface area contributed by atoms with Gasteiger partial charge in [0, 0.05) is 17.8 Å². The molecule has 1 aromatic heterocycles. The van der Waals surface area contributed by atoms with E-state index in [2.05, 4.69) is 4.90 Å². The maximum atomic E-state index is 6.21. The Morgan fingerprint density at radius 3 is 2.18 bits per heavy atom. The van der Waals surface area contributed by atoms with E-state index in [0.29, 0.717) is 43.8 Å². The number of fused-ring (bicyclic) bond motifs is 1. The first kappa shape index (κ1) is 20.7. The first-order chi connectivity index (χ1) is 16.3. The highest BCUT2D eigenvalue weighted by Crippen LogP contribution is 2.41. The van der Waals surface area contributed by atoms with Crippen LogP contribution in [-0.2, 0) is 13.2 Å². The molecule has 3 aromatic carbocycles. The van der Waals surface area contributed by atoms with Crippen LogP contribution >= 0.6 is 0 Å². The van der Waals surface area contributed by atoms with Gasteiger partial charge in [-0.05, 0) is 29.3 Å². The third-order valence-corrected chi connectivity index (χ3v) is 5.40. The molecule has 0 saturated heterocycles. The second-order valence-electron chi connectivity index (χ2n) is 7.75. The molecule has 0 aliphatic carbocycles. The van der Waals surface area contributed by atoms with E-state index in [1.807, 2.05) is 91.0 Å². The van der Waals surface area contributed by atoms with Gasteiger partial charge in [0.05, 0.1) is 12.2 Å². The molecule has 2 heterocycles. The van der Waals surface area contributed by atoms with E-state index in [1.54, 1.807) is 0 Å². The minimum Gasteiger partial charge on any atom is -0.489 e. The maximum absolute atomic E-state index is 6.21. The van der Waals surface area contributed by atoms with Crippen molar-refractivity contribution in [2.75, 3.05) is 23.8 Å². The Morgan fingerprint density at radius 1 is 0.788 bits per heavy atom. The molecule has 6 nitrogen and oxygen atoms in total. The lowest BCUT2D eigenvalue weighted by atomic mass is 10.2. The molecule has 6 heteroatoms. The van der Waals surface area contributed by atoms with Crippen molar-refractivity contribution in [1.29, 1.82) is 0 Å². The van der Waals surface area contributed by atoms with Gasteiger partial charge < -0.3 is 24.8 Å². The molecule has 0 amide bonds. The van der Waals surface area contributed by atoms with E-state index in [1.165, 1.54) is 0 Å². The lowest BCUT2D eigenvalue weighted by molar-refractivity contribution is 0.267. The number of hydrogen-bond donors (Lipinski definition) is 1. The molecular weight excluding hydrogens is 414 g/mol. The molecule has 4 aromatic rings. The third-order valence-electron chi connectivity index (χ3n) is 5.40. The van der Waals surface area contributed by atoms with Gasteiger partial charge in [-0.25, -0.2) is 0 Å². The van der Waals surface area contributed by atoms with Crippen LogP contribution in [0.25, 0.3) is 0 Å². The number of benzene rings is 3. The molecule has 0 atom stereocenters. The Labute approximate surface area is 193 Å². The molecule has 0 bridgehead atoms. The van der Waals surface area contributed by atoms with E-state index in [-0.39, 0.29) is 0 Å². The zero-order valence-corrected chi connectivity index (χ0v) is 18.2. The predicted octanol–water partition coefficient (Wildman–Crippen LogP) is 5.35. The standard InChI is InChI=1S/C27H25N3O3/c28-22-11-12-23-25(17-22)31-16-15-30(23)24-13-14-26(32-18-20-7-3-1-4-8-20)29-27(24)33-19-21-9-5-2-6-10-21/h1-14,17H,15-16,18-19,28H2. The van der Waals surface area contributed by atoms with Crippen molar-refractivity contribution in [2.45, 2.75) is 13.2 Å². The van der Waals surface area contributed by atoms with Crippen molar-refractivity contribution in [1.82, 2.24) is 4.98 Å². The van der Waals surface area contributed by atoms with Crippen LogP contribution in [0.3, 0.4) is 0 Å². The topological polar surface area (TPSA) is 69.8 Å². The molecule has 0 unspecified atom stereocenters. The largest absolute Gasteiger partial charge is 0.489 e. The van der Waals surface area contributed by atoms with E-state index < -0.39 is 0 Å². The molecule has 0 fully saturated rings. The highest BCUT2D eigenvalue weighted by atomic mass is 16.5. The number of hydrogen-bond acceptors (Lipinski definition) is 6. The van der Waals surface area contributed by atoms with Crippen LogP contribution in [0.5, 0.6) is 17.5 Å². The fourth-order valence-corrected chi connectivity index (χ4v) is 3.75. The van der Waals surface area contributed by atoms with Gasteiger partial charge in [0.25, 0.3) is 0 Å². The van der Waals surface area contributed by atoms with Crippen LogP contribution in [0.2, 0.25) is 0 Å². The summed E-state index contributed by atoms with van der Waals surface area (Å²) in [7, 11) is 0. The highest BCUT2D eigenvalue weighted by molar-refractivity contribution is 5.75. The van der Waals surface area contributed by atoms with E-state index in [9.17, 15) is 0 Å². The van der Waals surface area contributed by atoms with Gasteiger partial charge >= 0.3 is 0 Å². The van der Waals surface area contributed by atoms with Crippen LogP contribution in [-0.4, -0.2) is 18.1 Å². The number of pyridine rings is 1. The SMILES string of the molecule is Nc1ccc2c(c1)OCCN2c1ccc(OCc2ccccc2)nc1OCc1ccccc1. The number of anilines is 3. The zero-order chi connectivity index (χ0) is 22.5. The molecule has 0 saturated carbocycles. The monoisotopic (exact) mass is 439 g/mol. The summed E-state index contributed by atoms with van der Waals surface area (Å²) in [5, 5.41) is 0. The van der Waals surface area contributed by atoms with Crippen LogP contribution < -0.4 is 24.8 Å². The highest BCUT2D eigenvalue weighted by Gasteiger charge is 2.24. The fraction of sp³-hybridized carbons (Fsp3) is 0.148. The first-order valence-electron chi connectivity index (χ1n) is 10.9. The van der Waals surface area contributed by atoms with E-state index >= 15 is 0 Å². The van der Waals surface area contributed by atoms with Gasteiger partial charge in [0.2, 0.25) is 11.8 Å². The number of aromatic nitrogens is 1. The Bertz CT molecular complexity index is 1220. The summed E-state index contributed by atoms with van der Waals surface area (Å²) in [6.07, 6.45) is 0. The Hall–Kier alpha value is -4.19. The van der Waals surface area contributed by atoms with Gasteiger partial charge in [-0.2, -0.15) is 4.98 Å². The molecule has 1 aliphatic heterocycles. The smallest absolute Gasteiger partial charge is 0.241 e. The van der Waals surface area contributed by atoms with Crippen LogP contribution in [0.1, 0.15) is 11.1 Å². The van der Waals surface area contributed by atoms with E-state index in [0.717, 1.165) is 28.3 Å². The Morgan fingerprint density at radius 2 is 1.45 bits per heavy atom. The van der Waals surface area contributed by atoms with Crippen molar-refractivity contribution in [3.63, 3.8) is 0 Å². The normalized spacial score (nSPS) is 12.5. The average molecular weight is 440 g/mol. The second-order valence-corrected chi connectivity index (χ2v) is 7.75. The number of rotatable bonds is 7. The molecule has 0 radical (unpaired) electrons. The zero-order valence-electron chi connectivity index (χ0n) is 18.2. The molecule has 0 spiro atoms. The van der Waals surface area contributed by atoms with Crippen molar-refractivity contribution in [3.05, 3.63) is 102 Å². The maximum Gasteiger partial charge on any atom is 0.241 e. The summed E-state index contributed by atoms with van der Waals surface area (Å²) in [4.78, 5) is 6.86. The summed E-state index contributed by atoms with van der Waals surface area (Å²) in [6.45, 7) is 2.05. The number of nitrogens with zero attached hydrogens (tertiary/aromatic N) is 2. The lowest BCUT2D eigenvalue weighted by Gasteiger charge is -2.32. The van der Waals surface area contributed by atoms with Gasteiger partial charge in [0.1, 0.15) is 31.3 Å². The summed E-state index contributed by atoms with van der Waals surface area (Å²) >= 11 is 0. The number of nitrogen functional groups attached to an aromatic ring is 1. The Kier molecular flexibility index (Phi) is 5.97. The summed E-state index contributed by atoms with van der Waals surface area (Å²) in [6, 6.07) is 29.6. The first-order valence-corrected chi connectivity index (χ1v) is 10.9. The quantitative estimate of drug-likeness (QED) is 0.391. The lowest BCUT2D eigenvalue weighted by Crippen LogP contribution is -2.29. The van der Waals surface area contributed by atoms with Crippen molar-refractivity contribution in [3.8, 4) is 17.5 Å². The number of nitrogens with two attached hydrogens (primary N) is 1. The number of ether oxygens (including phenoxy) is 3. The van der Waals surface area contributed by atoms with Crippen LogP contribution in [0.4, 0.5) is 17.1 Å². The minimum atomic E-state index is 0.405. The molecule has 2 N–H and O–H groups in total. The summed E-state index contributed by atoms with van der Waals surface area (Å²) in [5.41, 5.74) is 10.6. The third kappa shape index (κ3) is 4.85. The van der Waals surface area contributed by atoms with Crippen molar-refractivity contribution in [2.24, 2.45) is 0 Å². The second kappa shape index (κ2) is 9.53. The molecule has 33 heavy (non-hydrogen) atoms. The van der Waals surface area contributed by atoms with Gasteiger partial charge in [-0.1, -0.05) is 60.7 Å². The Balaban J connectivity index is 1.45. The van der Waals surface area contributed by atoms with E-state index in [4.69, 9.17) is 24.9 Å².